The number of hydrogen-bond acceptors (Lipinski definition) is 4. The zero-order valence-corrected chi connectivity index (χ0v) is 12.9. The molecule has 1 aliphatic heterocycles. The highest BCUT2D eigenvalue weighted by Crippen LogP contribution is 2.28. The first kappa shape index (κ1) is 15.1. The summed E-state index contributed by atoms with van der Waals surface area (Å²) in [5, 5.41) is 0. The van der Waals surface area contributed by atoms with E-state index in [2.05, 4.69) is 35.8 Å². The summed E-state index contributed by atoms with van der Waals surface area (Å²) in [4.78, 5) is 4.96. The summed E-state index contributed by atoms with van der Waals surface area (Å²) in [6.45, 7) is 9.54. The Hall–Kier alpha value is -1.26. The van der Waals surface area contributed by atoms with Crippen molar-refractivity contribution in [3.63, 3.8) is 0 Å². The maximum Gasteiger partial charge on any atom is 0.142 e. The number of rotatable bonds is 5. The molecule has 1 aromatic carbocycles. The van der Waals surface area contributed by atoms with E-state index in [0.29, 0.717) is 12.0 Å². The molecule has 1 saturated heterocycles. The Kier molecular flexibility index (Phi) is 5.26. The molecule has 112 valence electrons. The predicted molar refractivity (Wildman–Crippen MR) is 84.5 cm³/mol. The average Bonchev–Trinajstić information content (AvgIpc) is 2.53. The monoisotopic (exact) mass is 277 g/mol. The molecule has 0 aliphatic carbocycles. The summed E-state index contributed by atoms with van der Waals surface area (Å²) >= 11 is 0. The van der Waals surface area contributed by atoms with E-state index < -0.39 is 0 Å². The summed E-state index contributed by atoms with van der Waals surface area (Å²) in [6.07, 6.45) is 0. The SMILES string of the molecule is COc1ccccc1N1CCN(C(C)C(C)CN)CC1. The minimum absolute atomic E-state index is 0.549. The van der Waals surface area contributed by atoms with Gasteiger partial charge in [-0.1, -0.05) is 19.1 Å². The lowest BCUT2D eigenvalue weighted by Gasteiger charge is -2.41. The highest BCUT2D eigenvalue weighted by atomic mass is 16.5. The molecule has 2 N–H and O–H groups in total. The minimum atomic E-state index is 0.549. The second-order valence-corrected chi connectivity index (χ2v) is 5.65. The molecule has 20 heavy (non-hydrogen) atoms. The Morgan fingerprint density at radius 2 is 1.80 bits per heavy atom. The van der Waals surface area contributed by atoms with Crippen LogP contribution >= 0.6 is 0 Å². The first-order chi connectivity index (χ1) is 9.67. The molecule has 4 nitrogen and oxygen atoms in total. The van der Waals surface area contributed by atoms with Crippen LogP contribution in [0.1, 0.15) is 13.8 Å². The van der Waals surface area contributed by atoms with E-state index in [4.69, 9.17) is 10.5 Å². The van der Waals surface area contributed by atoms with Crippen molar-refractivity contribution in [2.45, 2.75) is 19.9 Å². The van der Waals surface area contributed by atoms with Crippen LogP contribution in [0.5, 0.6) is 5.75 Å². The predicted octanol–water partition coefficient (Wildman–Crippen LogP) is 1.80. The van der Waals surface area contributed by atoms with Gasteiger partial charge in [0.15, 0.2) is 0 Å². The Labute approximate surface area is 122 Å². The zero-order valence-electron chi connectivity index (χ0n) is 12.9. The lowest BCUT2D eigenvalue weighted by atomic mass is 10.0. The molecule has 0 bridgehead atoms. The molecule has 0 aromatic heterocycles. The van der Waals surface area contributed by atoms with Crippen molar-refractivity contribution in [2.24, 2.45) is 11.7 Å². The Bertz CT molecular complexity index is 416. The number of anilines is 1. The molecule has 0 spiro atoms. The van der Waals surface area contributed by atoms with Gasteiger partial charge in [0.25, 0.3) is 0 Å². The third kappa shape index (κ3) is 3.25. The van der Waals surface area contributed by atoms with E-state index in [1.165, 1.54) is 5.69 Å². The first-order valence-electron chi connectivity index (χ1n) is 7.49. The van der Waals surface area contributed by atoms with Crippen LogP contribution < -0.4 is 15.4 Å². The van der Waals surface area contributed by atoms with Gasteiger partial charge in [-0.2, -0.15) is 0 Å². The van der Waals surface area contributed by atoms with Gasteiger partial charge in [0.2, 0.25) is 0 Å². The zero-order chi connectivity index (χ0) is 14.5. The molecule has 0 radical (unpaired) electrons. The maximum absolute atomic E-state index is 5.78. The summed E-state index contributed by atoms with van der Waals surface area (Å²) in [7, 11) is 1.74. The molecule has 2 atom stereocenters. The van der Waals surface area contributed by atoms with Gasteiger partial charge in [0.05, 0.1) is 12.8 Å². The Balaban J connectivity index is 1.97. The number of para-hydroxylation sites is 2. The molecular weight excluding hydrogens is 250 g/mol. The second-order valence-electron chi connectivity index (χ2n) is 5.65. The van der Waals surface area contributed by atoms with Crippen LogP contribution in [-0.4, -0.2) is 50.8 Å². The number of nitrogens with two attached hydrogens (primary N) is 1. The first-order valence-corrected chi connectivity index (χ1v) is 7.49. The smallest absolute Gasteiger partial charge is 0.142 e. The van der Waals surface area contributed by atoms with Crippen molar-refractivity contribution in [3.05, 3.63) is 24.3 Å². The van der Waals surface area contributed by atoms with Crippen molar-refractivity contribution >= 4 is 5.69 Å². The summed E-state index contributed by atoms with van der Waals surface area (Å²) in [6, 6.07) is 8.81. The van der Waals surface area contributed by atoms with Gasteiger partial charge in [-0.3, -0.25) is 4.90 Å². The maximum atomic E-state index is 5.78. The van der Waals surface area contributed by atoms with Gasteiger partial charge < -0.3 is 15.4 Å². The second kappa shape index (κ2) is 6.95. The molecule has 1 aliphatic rings. The third-order valence-corrected chi connectivity index (χ3v) is 4.51. The number of methoxy groups -OCH3 is 1. The standard InChI is InChI=1S/C16H27N3O/c1-13(12-17)14(2)18-8-10-19(11-9-18)15-6-4-5-7-16(15)20-3/h4-7,13-14H,8-12,17H2,1-3H3. The fraction of sp³-hybridized carbons (Fsp3) is 0.625. The lowest BCUT2D eigenvalue weighted by Crippen LogP contribution is -2.52. The fourth-order valence-electron chi connectivity index (χ4n) is 2.82. The van der Waals surface area contributed by atoms with Crippen LogP contribution in [0.25, 0.3) is 0 Å². The highest BCUT2D eigenvalue weighted by Gasteiger charge is 2.25. The minimum Gasteiger partial charge on any atom is -0.495 e. The van der Waals surface area contributed by atoms with Gasteiger partial charge in [0.1, 0.15) is 5.75 Å². The molecule has 1 aromatic rings. The van der Waals surface area contributed by atoms with E-state index in [9.17, 15) is 0 Å². The average molecular weight is 277 g/mol. The van der Waals surface area contributed by atoms with Crippen LogP contribution in [0.3, 0.4) is 0 Å². The molecule has 0 amide bonds. The molecule has 2 unspecified atom stereocenters. The van der Waals surface area contributed by atoms with E-state index in [1.54, 1.807) is 7.11 Å². The van der Waals surface area contributed by atoms with Crippen molar-refractivity contribution in [2.75, 3.05) is 44.7 Å². The largest absolute Gasteiger partial charge is 0.495 e. The van der Waals surface area contributed by atoms with E-state index >= 15 is 0 Å². The molecular formula is C16H27N3O. The Morgan fingerprint density at radius 3 is 2.40 bits per heavy atom. The van der Waals surface area contributed by atoms with Crippen molar-refractivity contribution in [3.8, 4) is 5.75 Å². The highest BCUT2D eigenvalue weighted by molar-refractivity contribution is 5.58. The fourth-order valence-corrected chi connectivity index (χ4v) is 2.82. The van der Waals surface area contributed by atoms with Crippen LogP contribution in [-0.2, 0) is 0 Å². The van der Waals surface area contributed by atoms with Crippen LogP contribution in [0.2, 0.25) is 0 Å². The van der Waals surface area contributed by atoms with Gasteiger partial charge in [-0.05, 0) is 31.5 Å². The van der Waals surface area contributed by atoms with Crippen molar-refractivity contribution in [1.82, 2.24) is 4.90 Å². The van der Waals surface area contributed by atoms with Crippen molar-refractivity contribution in [1.29, 1.82) is 0 Å². The number of benzene rings is 1. The quantitative estimate of drug-likeness (QED) is 0.891. The molecule has 2 rings (SSSR count). The van der Waals surface area contributed by atoms with Crippen LogP contribution in [0, 0.1) is 5.92 Å². The number of hydrogen-bond donors (Lipinski definition) is 1. The van der Waals surface area contributed by atoms with Crippen LogP contribution in [0.4, 0.5) is 5.69 Å². The van der Waals surface area contributed by atoms with E-state index in [1.807, 2.05) is 12.1 Å². The van der Waals surface area contributed by atoms with E-state index in [0.717, 1.165) is 38.5 Å². The molecule has 4 heteroatoms. The van der Waals surface area contributed by atoms with Crippen molar-refractivity contribution < 1.29 is 4.74 Å². The summed E-state index contributed by atoms with van der Waals surface area (Å²) in [5.41, 5.74) is 6.99. The molecule has 0 saturated carbocycles. The molecule has 1 fully saturated rings. The summed E-state index contributed by atoms with van der Waals surface area (Å²) < 4.78 is 5.46. The molecule has 1 heterocycles. The van der Waals surface area contributed by atoms with Gasteiger partial charge in [-0.25, -0.2) is 0 Å². The topological polar surface area (TPSA) is 41.7 Å². The summed E-state index contributed by atoms with van der Waals surface area (Å²) in [5.74, 6) is 1.51. The number of piperazine rings is 1. The third-order valence-electron chi connectivity index (χ3n) is 4.51. The van der Waals surface area contributed by atoms with E-state index in [-0.39, 0.29) is 0 Å². The van der Waals surface area contributed by atoms with Gasteiger partial charge >= 0.3 is 0 Å². The van der Waals surface area contributed by atoms with Crippen LogP contribution in [0.15, 0.2) is 24.3 Å². The number of ether oxygens (including phenoxy) is 1. The normalized spacial score (nSPS) is 19.7. The van der Waals surface area contributed by atoms with Gasteiger partial charge in [-0.15, -0.1) is 0 Å². The lowest BCUT2D eigenvalue weighted by molar-refractivity contribution is 0.155. The Morgan fingerprint density at radius 1 is 1.15 bits per heavy atom. The number of nitrogens with zero attached hydrogens (tertiary/aromatic N) is 2. The van der Waals surface area contributed by atoms with Gasteiger partial charge in [0, 0.05) is 32.2 Å².